The maximum atomic E-state index is 2.35. The summed E-state index contributed by atoms with van der Waals surface area (Å²) in [4.78, 5) is 0. The predicted octanol–water partition coefficient (Wildman–Crippen LogP) is 16.1. The van der Waals surface area contributed by atoms with E-state index < -0.39 is 0 Å². The lowest BCUT2D eigenvalue weighted by Crippen LogP contribution is -1.87. The van der Waals surface area contributed by atoms with Crippen LogP contribution in [0.4, 0.5) is 0 Å². The Hall–Kier alpha value is 0. The Kier molecular flexibility index (Phi) is 38.0. The molecule has 0 heteroatoms. The fourth-order valence-corrected chi connectivity index (χ4v) is 6.64. The van der Waals surface area contributed by atoms with Gasteiger partial charge in [-0.15, -0.1) is 0 Å². The van der Waals surface area contributed by atoms with E-state index in [1.165, 1.54) is 238 Å². The molecule has 0 aliphatic rings. The maximum Gasteiger partial charge on any atom is -0.0471 e. The standard InChI is InChI=1S/C41H84/c1-4-5-6-7-8-9-10-11-12-13-14-15-16-17-18-19-20-21-22-23-24-25-26-27-28-29-30-31-32-33-34-35-36-37-38-39-40-41(2)3/h41H,4-40H2,1-3H3. The summed E-state index contributed by atoms with van der Waals surface area (Å²) < 4.78 is 0. The Balaban J connectivity index is 3.03. The zero-order chi connectivity index (χ0) is 29.7. The zero-order valence-electron chi connectivity index (χ0n) is 29.7. The first-order valence-electron chi connectivity index (χ1n) is 20.3. The molecule has 0 N–H and O–H groups in total. The van der Waals surface area contributed by atoms with Crippen molar-refractivity contribution in [2.45, 2.75) is 258 Å². The van der Waals surface area contributed by atoms with Crippen LogP contribution < -0.4 is 0 Å². The molecule has 0 bridgehead atoms. The molecule has 0 aromatic rings. The fourth-order valence-electron chi connectivity index (χ4n) is 6.64. The quantitative estimate of drug-likeness (QED) is 0.0645. The number of unbranched alkanes of at least 4 members (excludes halogenated alkanes) is 35. The van der Waals surface area contributed by atoms with E-state index in [1.807, 2.05) is 0 Å². The highest BCUT2D eigenvalue weighted by Gasteiger charge is 1.98. The van der Waals surface area contributed by atoms with Crippen LogP contribution in [0.15, 0.2) is 0 Å². The van der Waals surface area contributed by atoms with Crippen LogP contribution in [-0.2, 0) is 0 Å². The van der Waals surface area contributed by atoms with Crippen LogP contribution in [0.5, 0.6) is 0 Å². The van der Waals surface area contributed by atoms with Crippen molar-refractivity contribution < 1.29 is 0 Å². The van der Waals surface area contributed by atoms with E-state index in [0.29, 0.717) is 0 Å². The smallest absolute Gasteiger partial charge is 0.0471 e. The minimum atomic E-state index is 0.896. The molecule has 0 aliphatic heterocycles. The van der Waals surface area contributed by atoms with Gasteiger partial charge in [-0.3, -0.25) is 0 Å². The van der Waals surface area contributed by atoms with Gasteiger partial charge in [0.2, 0.25) is 0 Å². The molecule has 0 unspecified atom stereocenters. The molecule has 0 fully saturated rings. The van der Waals surface area contributed by atoms with Crippen LogP contribution >= 0.6 is 0 Å². The van der Waals surface area contributed by atoms with Crippen LogP contribution in [0.2, 0.25) is 0 Å². The van der Waals surface area contributed by atoms with Crippen molar-refractivity contribution in [2.24, 2.45) is 5.92 Å². The summed E-state index contributed by atoms with van der Waals surface area (Å²) in [5.74, 6) is 0.896. The lowest BCUT2D eigenvalue weighted by Gasteiger charge is -2.05. The van der Waals surface area contributed by atoms with Crippen molar-refractivity contribution in [1.82, 2.24) is 0 Å². The van der Waals surface area contributed by atoms with E-state index in [-0.39, 0.29) is 0 Å². The lowest BCUT2D eigenvalue weighted by molar-refractivity contribution is 0.500. The minimum Gasteiger partial charge on any atom is -0.0654 e. The zero-order valence-corrected chi connectivity index (χ0v) is 29.7. The molecule has 0 heterocycles. The van der Waals surface area contributed by atoms with E-state index >= 15 is 0 Å². The van der Waals surface area contributed by atoms with Crippen LogP contribution in [-0.4, -0.2) is 0 Å². The second-order valence-electron chi connectivity index (χ2n) is 14.6. The van der Waals surface area contributed by atoms with Crippen molar-refractivity contribution in [3.8, 4) is 0 Å². The minimum absolute atomic E-state index is 0.896. The van der Waals surface area contributed by atoms with Gasteiger partial charge in [0.05, 0.1) is 0 Å². The maximum absolute atomic E-state index is 2.35. The molecule has 0 amide bonds. The largest absolute Gasteiger partial charge is 0.0654 e. The first-order chi connectivity index (χ1) is 20.3. The van der Waals surface area contributed by atoms with Crippen LogP contribution in [0.1, 0.15) is 258 Å². The number of hydrogen-bond acceptors (Lipinski definition) is 0. The van der Waals surface area contributed by atoms with E-state index in [1.54, 1.807) is 0 Å². The van der Waals surface area contributed by atoms with Gasteiger partial charge in [0, 0.05) is 0 Å². The molecule has 0 saturated heterocycles. The second-order valence-corrected chi connectivity index (χ2v) is 14.6. The molecular weight excluding hydrogens is 492 g/mol. The van der Waals surface area contributed by atoms with Crippen molar-refractivity contribution in [3.05, 3.63) is 0 Å². The van der Waals surface area contributed by atoms with Gasteiger partial charge >= 0.3 is 0 Å². The van der Waals surface area contributed by atoms with Gasteiger partial charge in [0.1, 0.15) is 0 Å². The molecule has 41 heavy (non-hydrogen) atoms. The third kappa shape index (κ3) is 40.0. The van der Waals surface area contributed by atoms with Crippen molar-refractivity contribution in [2.75, 3.05) is 0 Å². The van der Waals surface area contributed by atoms with Crippen LogP contribution in [0, 0.1) is 5.92 Å². The molecule has 0 nitrogen and oxygen atoms in total. The Bertz CT molecular complexity index is 424. The topological polar surface area (TPSA) is 0 Å². The van der Waals surface area contributed by atoms with Gasteiger partial charge in [-0.1, -0.05) is 258 Å². The Labute approximate surface area is 263 Å². The van der Waals surface area contributed by atoms with E-state index in [2.05, 4.69) is 20.8 Å². The van der Waals surface area contributed by atoms with Gasteiger partial charge in [0.25, 0.3) is 0 Å². The summed E-state index contributed by atoms with van der Waals surface area (Å²) in [5.41, 5.74) is 0. The number of rotatable bonds is 37. The highest BCUT2D eigenvalue weighted by molar-refractivity contribution is 4.53. The van der Waals surface area contributed by atoms with E-state index in [4.69, 9.17) is 0 Å². The molecule has 0 spiro atoms. The molecule has 0 atom stereocenters. The van der Waals surface area contributed by atoms with Crippen molar-refractivity contribution >= 4 is 0 Å². The summed E-state index contributed by atoms with van der Waals surface area (Å²) in [6.45, 7) is 7.01. The first-order valence-corrected chi connectivity index (χ1v) is 20.3. The molecule has 0 aromatic carbocycles. The molecule has 0 rings (SSSR count). The number of hydrogen-bond donors (Lipinski definition) is 0. The van der Waals surface area contributed by atoms with Crippen molar-refractivity contribution in [1.29, 1.82) is 0 Å². The summed E-state index contributed by atoms with van der Waals surface area (Å²) in [6.07, 6.45) is 54.9. The SMILES string of the molecule is CCCCCCCCCCCCCCCCCCCCCCCCCCCCCCCCCCCCCCC(C)C. The average Bonchev–Trinajstić information content (AvgIpc) is 2.97. The van der Waals surface area contributed by atoms with E-state index in [9.17, 15) is 0 Å². The Morgan fingerprint density at radius 3 is 0.512 bits per heavy atom. The van der Waals surface area contributed by atoms with Crippen LogP contribution in [0.25, 0.3) is 0 Å². The normalized spacial score (nSPS) is 11.7. The average molecular weight is 577 g/mol. The van der Waals surface area contributed by atoms with Gasteiger partial charge in [-0.25, -0.2) is 0 Å². The van der Waals surface area contributed by atoms with Gasteiger partial charge in [0.15, 0.2) is 0 Å². The van der Waals surface area contributed by atoms with Gasteiger partial charge in [-0.05, 0) is 5.92 Å². The molecule has 0 aromatic heterocycles. The fraction of sp³-hybridized carbons (Fsp3) is 1.00. The monoisotopic (exact) mass is 577 g/mol. The Morgan fingerprint density at radius 1 is 0.220 bits per heavy atom. The summed E-state index contributed by atoms with van der Waals surface area (Å²) in [7, 11) is 0. The van der Waals surface area contributed by atoms with Crippen LogP contribution in [0.3, 0.4) is 0 Å². The molecular formula is C41H84. The predicted molar refractivity (Wildman–Crippen MR) is 191 cm³/mol. The van der Waals surface area contributed by atoms with Gasteiger partial charge in [-0.2, -0.15) is 0 Å². The molecule has 0 saturated carbocycles. The first kappa shape index (κ1) is 41.0. The molecule has 248 valence electrons. The summed E-state index contributed by atoms with van der Waals surface area (Å²) in [6, 6.07) is 0. The van der Waals surface area contributed by atoms with Crippen molar-refractivity contribution in [3.63, 3.8) is 0 Å². The summed E-state index contributed by atoms with van der Waals surface area (Å²) in [5, 5.41) is 0. The third-order valence-electron chi connectivity index (χ3n) is 9.64. The molecule has 0 radical (unpaired) electrons. The lowest BCUT2D eigenvalue weighted by atomic mass is 10.0. The highest BCUT2D eigenvalue weighted by Crippen LogP contribution is 2.17. The molecule has 0 aliphatic carbocycles. The highest BCUT2D eigenvalue weighted by atomic mass is 14.0. The summed E-state index contributed by atoms with van der Waals surface area (Å²) >= 11 is 0. The van der Waals surface area contributed by atoms with E-state index in [0.717, 1.165) is 5.92 Å². The second kappa shape index (κ2) is 38.0. The Morgan fingerprint density at radius 2 is 0.366 bits per heavy atom. The third-order valence-corrected chi connectivity index (χ3v) is 9.64. The van der Waals surface area contributed by atoms with Gasteiger partial charge < -0.3 is 0 Å².